The number of aliphatic hydroxyl groups excluding tert-OH is 1. The summed E-state index contributed by atoms with van der Waals surface area (Å²) < 4.78 is 22.7. The summed E-state index contributed by atoms with van der Waals surface area (Å²) in [5.74, 6) is -0.162. The predicted octanol–water partition coefficient (Wildman–Crippen LogP) is 0.343. The van der Waals surface area contributed by atoms with E-state index in [0.29, 0.717) is 5.16 Å². The Morgan fingerprint density at radius 2 is 1.88 bits per heavy atom. The first-order valence-corrected chi connectivity index (χ1v) is 7.93. The molecule has 1 aliphatic heterocycles. The third-order valence-corrected chi connectivity index (χ3v) is 5.59. The highest BCUT2D eigenvalue weighted by atomic mass is 32.2. The molecular weight excluding hydrogens is 260 g/mol. The summed E-state index contributed by atoms with van der Waals surface area (Å²) in [6.45, 7) is 3.72. The number of rotatable bonds is 2. The Bertz CT molecular complexity index is 510. The van der Waals surface area contributed by atoms with Crippen LogP contribution in [-0.2, 0) is 9.84 Å². The molecule has 2 unspecified atom stereocenters. The summed E-state index contributed by atoms with van der Waals surface area (Å²) in [4.78, 5) is 8.45. The molecule has 1 N–H and O–H groups in total. The molecule has 17 heavy (non-hydrogen) atoms. The highest BCUT2D eigenvalue weighted by Crippen LogP contribution is 2.29. The van der Waals surface area contributed by atoms with Crippen LogP contribution in [0.25, 0.3) is 0 Å². The van der Waals surface area contributed by atoms with Gasteiger partial charge in [0.1, 0.15) is 0 Å². The number of thioether (sulfide) groups is 1. The molecule has 94 valence electrons. The van der Waals surface area contributed by atoms with E-state index in [-0.39, 0.29) is 16.8 Å². The predicted molar refractivity (Wildman–Crippen MR) is 65.8 cm³/mol. The molecule has 0 bridgehead atoms. The van der Waals surface area contributed by atoms with Crippen LogP contribution in [0.3, 0.4) is 0 Å². The van der Waals surface area contributed by atoms with Crippen molar-refractivity contribution in [2.45, 2.75) is 30.4 Å². The van der Waals surface area contributed by atoms with Crippen LogP contribution < -0.4 is 0 Å². The molecular formula is C10H14N2O3S2. The minimum atomic E-state index is -3.11. The Morgan fingerprint density at radius 1 is 1.29 bits per heavy atom. The van der Waals surface area contributed by atoms with E-state index in [1.807, 2.05) is 19.9 Å². The molecule has 2 rings (SSSR count). The SMILES string of the molecule is Cc1cc(C)nc(SC2CS(=O)(=O)CC2O)n1. The normalized spacial score (nSPS) is 27.2. The lowest BCUT2D eigenvalue weighted by Crippen LogP contribution is -2.20. The van der Waals surface area contributed by atoms with Gasteiger partial charge in [0.2, 0.25) is 0 Å². The molecule has 1 aliphatic rings. The van der Waals surface area contributed by atoms with E-state index in [1.165, 1.54) is 11.8 Å². The van der Waals surface area contributed by atoms with Gasteiger partial charge in [-0.3, -0.25) is 0 Å². The standard InChI is InChI=1S/C10H14N2O3S2/c1-6-3-7(2)12-10(11-6)16-9-5-17(14,15)4-8(9)13/h3,8-9,13H,4-5H2,1-2H3. The Hall–Kier alpha value is -0.660. The molecule has 1 aromatic rings. The number of sulfone groups is 1. The maximum atomic E-state index is 11.4. The van der Waals surface area contributed by atoms with E-state index in [1.54, 1.807) is 0 Å². The van der Waals surface area contributed by atoms with E-state index >= 15 is 0 Å². The van der Waals surface area contributed by atoms with Crippen molar-refractivity contribution in [2.24, 2.45) is 0 Å². The zero-order valence-electron chi connectivity index (χ0n) is 9.62. The molecule has 0 aliphatic carbocycles. The van der Waals surface area contributed by atoms with Gasteiger partial charge < -0.3 is 5.11 Å². The molecule has 2 atom stereocenters. The molecule has 1 aromatic heterocycles. The van der Waals surface area contributed by atoms with Gasteiger partial charge in [0.05, 0.1) is 22.9 Å². The maximum absolute atomic E-state index is 11.4. The van der Waals surface area contributed by atoms with Crippen LogP contribution in [0.2, 0.25) is 0 Å². The lowest BCUT2D eigenvalue weighted by Gasteiger charge is -2.11. The molecule has 7 heteroatoms. The Morgan fingerprint density at radius 3 is 2.35 bits per heavy atom. The van der Waals surface area contributed by atoms with Crippen molar-refractivity contribution in [3.63, 3.8) is 0 Å². The zero-order valence-corrected chi connectivity index (χ0v) is 11.3. The van der Waals surface area contributed by atoms with E-state index in [9.17, 15) is 13.5 Å². The number of aliphatic hydroxyl groups is 1. The fraction of sp³-hybridized carbons (Fsp3) is 0.600. The van der Waals surface area contributed by atoms with E-state index in [0.717, 1.165) is 11.4 Å². The van der Waals surface area contributed by atoms with Crippen LogP contribution in [0.5, 0.6) is 0 Å². The van der Waals surface area contributed by atoms with Gasteiger partial charge in [0.15, 0.2) is 15.0 Å². The quantitative estimate of drug-likeness (QED) is 0.784. The number of hydrogen-bond donors (Lipinski definition) is 1. The monoisotopic (exact) mass is 274 g/mol. The van der Waals surface area contributed by atoms with Gasteiger partial charge in [-0.25, -0.2) is 18.4 Å². The summed E-state index contributed by atoms with van der Waals surface area (Å²) in [7, 11) is -3.11. The maximum Gasteiger partial charge on any atom is 0.188 e. The molecule has 1 fully saturated rings. The van der Waals surface area contributed by atoms with Crippen molar-refractivity contribution in [1.29, 1.82) is 0 Å². The van der Waals surface area contributed by atoms with Gasteiger partial charge in [0.25, 0.3) is 0 Å². The average molecular weight is 274 g/mol. The first-order chi connectivity index (χ1) is 7.85. The lowest BCUT2D eigenvalue weighted by atomic mass is 10.3. The zero-order chi connectivity index (χ0) is 12.6. The van der Waals surface area contributed by atoms with Gasteiger partial charge in [-0.05, 0) is 19.9 Å². The van der Waals surface area contributed by atoms with Crippen LogP contribution in [0.4, 0.5) is 0 Å². The third-order valence-electron chi connectivity index (χ3n) is 2.49. The first kappa shape index (κ1) is 12.8. The van der Waals surface area contributed by atoms with Crippen LogP contribution in [-0.4, -0.2) is 46.4 Å². The molecule has 2 heterocycles. The Kier molecular flexibility index (Phi) is 3.42. The Balaban J connectivity index is 2.16. The van der Waals surface area contributed by atoms with Crippen LogP contribution in [0, 0.1) is 13.8 Å². The summed E-state index contributed by atoms with van der Waals surface area (Å²) >= 11 is 1.24. The molecule has 0 amide bonds. The van der Waals surface area contributed by atoms with Gasteiger partial charge in [-0.1, -0.05) is 11.8 Å². The minimum Gasteiger partial charge on any atom is -0.391 e. The van der Waals surface area contributed by atoms with Gasteiger partial charge in [0, 0.05) is 11.4 Å². The molecule has 0 saturated carbocycles. The average Bonchev–Trinajstić information content (AvgIpc) is 2.37. The third kappa shape index (κ3) is 3.17. The van der Waals surface area contributed by atoms with Gasteiger partial charge in [-0.15, -0.1) is 0 Å². The van der Waals surface area contributed by atoms with Crippen molar-refractivity contribution in [3.8, 4) is 0 Å². The van der Waals surface area contributed by atoms with Crippen molar-refractivity contribution in [2.75, 3.05) is 11.5 Å². The van der Waals surface area contributed by atoms with Crippen LogP contribution >= 0.6 is 11.8 Å². The van der Waals surface area contributed by atoms with Crippen molar-refractivity contribution >= 4 is 21.6 Å². The second-order valence-electron chi connectivity index (χ2n) is 4.23. The van der Waals surface area contributed by atoms with Gasteiger partial charge in [-0.2, -0.15) is 0 Å². The second kappa shape index (κ2) is 4.55. The summed E-state index contributed by atoms with van der Waals surface area (Å²) in [6.07, 6.45) is -0.825. The fourth-order valence-corrected chi connectivity index (χ4v) is 5.34. The molecule has 5 nitrogen and oxygen atoms in total. The fourth-order valence-electron chi connectivity index (χ4n) is 1.79. The minimum absolute atomic E-state index is 0.00478. The molecule has 1 saturated heterocycles. The number of aromatic nitrogens is 2. The van der Waals surface area contributed by atoms with Crippen LogP contribution in [0.15, 0.2) is 11.2 Å². The smallest absolute Gasteiger partial charge is 0.188 e. The first-order valence-electron chi connectivity index (χ1n) is 5.23. The van der Waals surface area contributed by atoms with E-state index < -0.39 is 15.9 Å². The van der Waals surface area contributed by atoms with Crippen molar-refractivity contribution in [3.05, 3.63) is 17.5 Å². The number of nitrogens with zero attached hydrogens (tertiary/aromatic N) is 2. The van der Waals surface area contributed by atoms with Gasteiger partial charge >= 0.3 is 0 Å². The second-order valence-corrected chi connectivity index (χ2v) is 7.59. The summed E-state index contributed by atoms with van der Waals surface area (Å²) in [5, 5.41) is 9.84. The lowest BCUT2D eigenvalue weighted by molar-refractivity contribution is 0.207. The molecule has 0 spiro atoms. The topological polar surface area (TPSA) is 80.2 Å². The van der Waals surface area contributed by atoms with Crippen LogP contribution in [0.1, 0.15) is 11.4 Å². The van der Waals surface area contributed by atoms with E-state index in [4.69, 9.17) is 0 Å². The number of aryl methyl sites for hydroxylation is 2. The van der Waals surface area contributed by atoms with Crippen molar-refractivity contribution in [1.82, 2.24) is 9.97 Å². The highest BCUT2D eigenvalue weighted by molar-refractivity contribution is 8.01. The van der Waals surface area contributed by atoms with E-state index in [2.05, 4.69) is 9.97 Å². The van der Waals surface area contributed by atoms with Crippen molar-refractivity contribution < 1.29 is 13.5 Å². The number of hydrogen-bond acceptors (Lipinski definition) is 6. The highest BCUT2D eigenvalue weighted by Gasteiger charge is 2.37. The largest absolute Gasteiger partial charge is 0.391 e. The molecule has 0 aromatic carbocycles. The summed E-state index contributed by atoms with van der Waals surface area (Å²) in [5.41, 5.74) is 1.69. The molecule has 0 radical (unpaired) electrons. The Labute approximate surface area is 105 Å². The summed E-state index contributed by atoms with van der Waals surface area (Å²) in [6, 6.07) is 1.85.